The molecule has 0 amide bonds. The first-order chi connectivity index (χ1) is 16.2. The average Bonchev–Trinajstić information content (AvgIpc) is 3.31. The van der Waals surface area contributed by atoms with Crippen LogP contribution in [0.1, 0.15) is 23.1 Å². The van der Waals surface area contributed by atoms with Gasteiger partial charge in [-0.2, -0.15) is 4.68 Å². The van der Waals surface area contributed by atoms with Gasteiger partial charge in [-0.1, -0.05) is 65.8 Å². The summed E-state index contributed by atoms with van der Waals surface area (Å²) in [5.74, 6) is 1.76. The van der Waals surface area contributed by atoms with Crippen LogP contribution in [0.2, 0.25) is 5.02 Å². The number of hydrogen-bond acceptors (Lipinski definition) is 6. The van der Waals surface area contributed by atoms with E-state index in [1.165, 1.54) is 11.1 Å². The van der Waals surface area contributed by atoms with Gasteiger partial charge >= 0.3 is 0 Å². The van der Waals surface area contributed by atoms with Crippen LogP contribution in [0.5, 0.6) is 5.75 Å². The van der Waals surface area contributed by atoms with Gasteiger partial charge in [-0.3, -0.25) is 0 Å². The number of rotatable bonds is 11. The predicted octanol–water partition coefficient (Wildman–Crippen LogP) is 5.48. The molecule has 1 heterocycles. The van der Waals surface area contributed by atoms with E-state index in [-0.39, 0.29) is 0 Å². The number of nitrogens with one attached hydrogen (secondary N) is 1. The van der Waals surface area contributed by atoms with Crippen LogP contribution in [-0.4, -0.2) is 32.5 Å². The molecule has 4 rings (SSSR count). The highest BCUT2D eigenvalue weighted by Gasteiger charge is 2.09. The van der Waals surface area contributed by atoms with Crippen LogP contribution in [0.3, 0.4) is 0 Å². The second kappa shape index (κ2) is 11.8. The second-order valence-corrected chi connectivity index (χ2v) is 9.05. The van der Waals surface area contributed by atoms with E-state index in [2.05, 4.69) is 39.9 Å². The van der Waals surface area contributed by atoms with Gasteiger partial charge in [0.25, 0.3) is 0 Å². The molecule has 0 saturated carbocycles. The fraction of sp³-hybridized carbons (Fsp3) is 0.240. The number of hydrogen-bond donors (Lipinski definition) is 1. The van der Waals surface area contributed by atoms with Crippen molar-refractivity contribution in [3.8, 4) is 11.4 Å². The molecule has 6 nitrogen and oxygen atoms in total. The molecule has 33 heavy (non-hydrogen) atoms. The van der Waals surface area contributed by atoms with Gasteiger partial charge < -0.3 is 10.1 Å². The van der Waals surface area contributed by atoms with Gasteiger partial charge in [0.1, 0.15) is 12.4 Å². The van der Waals surface area contributed by atoms with E-state index in [1.54, 1.807) is 16.4 Å². The van der Waals surface area contributed by atoms with Crippen LogP contribution >= 0.6 is 23.4 Å². The molecule has 0 fully saturated rings. The van der Waals surface area contributed by atoms with E-state index in [4.69, 9.17) is 16.3 Å². The Hall–Kier alpha value is -2.87. The first-order valence-electron chi connectivity index (χ1n) is 10.8. The van der Waals surface area contributed by atoms with Crippen LogP contribution in [-0.2, 0) is 13.2 Å². The summed E-state index contributed by atoms with van der Waals surface area (Å²) in [7, 11) is 0. The van der Waals surface area contributed by atoms with E-state index in [1.807, 2.05) is 60.7 Å². The van der Waals surface area contributed by atoms with Gasteiger partial charge in [-0.15, -0.1) is 5.10 Å². The standard InChI is InChI=1S/C25H26ClN5OS/c1-19-8-5-6-9-20(19)18-32-24-13-12-22(26)16-21(24)17-27-14-7-15-33-25-28-29-30-31(25)23-10-3-2-4-11-23/h2-6,8-13,16,27H,7,14-15,17-18H2,1H3. The van der Waals surface area contributed by atoms with E-state index in [0.29, 0.717) is 18.2 Å². The molecule has 0 radical (unpaired) electrons. The predicted molar refractivity (Wildman–Crippen MR) is 133 cm³/mol. The first kappa shape index (κ1) is 23.3. The first-order valence-corrected chi connectivity index (χ1v) is 12.2. The maximum atomic E-state index is 6.24. The third kappa shape index (κ3) is 6.57. The number of aromatic nitrogens is 4. The van der Waals surface area contributed by atoms with Crippen LogP contribution < -0.4 is 10.1 Å². The van der Waals surface area contributed by atoms with Gasteiger partial charge in [0.15, 0.2) is 0 Å². The van der Waals surface area contributed by atoms with Crippen LogP contribution in [0.4, 0.5) is 0 Å². The Balaban J connectivity index is 1.24. The molecule has 0 atom stereocenters. The van der Waals surface area contributed by atoms with Gasteiger partial charge in [-0.25, -0.2) is 0 Å². The smallest absolute Gasteiger partial charge is 0.214 e. The molecular weight excluding hydrogens is 454 g/mol. The lowest BCUT2D eigenvalue weighted by atomic mass is 10.1. The maximum Gasteiger partial charge on any atom is 0.214 e. The highest BCUT2D eigenvalue weighted by molar-refractivity contribution is 7.99. The largest absolute Gasteiger partial charge is 0.489 e. The maximum absolute atomic E-state index is 6.24. The fourth-order valence-corrected chi connectivity index (χ4v) is 4.36. The van der Waals surface area contributed by atoms with Crippen molar-refractivity contribution < 1.29 is 4.74 Å². The topological polar surface area (TPSA) is 64.9 Å². The summed E-state index contributed by atoms with van der Waals surface area (Å²) in [6, 6.07) is 23.9. The molecule has 0 aliphatic rings. The van der Waals surface area contributed by atoms with Gasteiger partial charge in [0.05, 0.1) is 5.69 Å². The number of thioether (sulfide) groups is 1. The van der Waals surface area contributed by atoms with E-state index < -0.39 is 0 Å². The van der Waals surface area contributed by atoms with Crippen molar-refractivity contribution in [2.45, 2.75) is 31.7 Å². The van der Waals surface area contributed by atoms with E-state index >= 15 is 0 Å². The van der Waals surface area contributed by atoms with E-state index in [0.717, 1.165) is 40.9 Å². The summed E-state index contributed by atoms with van der Waals surface area (Å²) >= 11 is 7.88. The molecule has 3 aromatic carbocycles. The molecule has 1 aromatic heterocycles. The Morgan fingerprint density at radius 1 is 1.00 bits per heavy atom. The third-order valence-electron chi connectivity index (χ3n) is 5.15. The summed E-state index contributed by atoms with van der Waals surface area (Å²) in [5, 5.41) is 17.1. The molecule has 1 N–H and O–H groups in total. The molecule has 0 aliphatic carbocycles. The Morgan fingerprint density at radius 3 is 2.67 bits per heavy atom. The molecule has 0 unspecified atom stereocenters. The van der Waals surface area contributed by atoms with Crippen molar-refractivity contribution in [2.75, 3.05) is 12.3 Å². The van der Waals surface area contributed by atoms with Crippen molar-refractivity contribution in [3.05, 3.63) is 94.5 Å². The number of nitrogens with zero attached hydrogens (tertiary/aromatic N) is 4. The van der Waals surface area contributed by atoms with Crippen molar-refractivity contribution in [1.29, 1.82) is 0 Å². The highest BCUT2D eigenvalue weighted by atomic mass is 35.5. The Bertz CT molecular complexity index is 1170. The zero-order valence-corrected chi connectivity index (χ0v) is 20.0. The monoisotopic (exact) mass is 479 g/mol. The second-order valence-electron chi connectivity index (χ2n) is 7.55. The Kier molecular flexibility index (Phi) is 8.35. The van der Waals surface area contributed by atoms with Crippen molar-refractivity contribution >= 4 is 23.4 Å². The van der Waals surface area contributed by atoms with Crippen LogP contribution in [0, 0.1) is 6.92 Å². The number of halogens is 1. The minimum Gasteiger partial charge on any atom is -0.489 e. The highest BCUT2D eigenvalue weighted by Crippen LogP contribution is 2.24. The normalized spacial score (nSPS) is 11.0. The summed E-state index contributed by atoms with van der Waals surface area (Å²) in [6.45, 7) is 4.19. The molecule has 8 heteroatoms. The lowest BCUT2D eigenvalue weighted by molar-refractivity contribution is 0.301. The molecular formula is C25H26ClN5OS. The Labute approximate surface area is 203 Å². The minimum absolute atomic E-state index is 0.536. The summed E-state index contributed by atoms with van der Waals surface area (Å²) in [6.07, 6.45) is 0.978. The van der Waals surface area contributed by atoms with Crippen molar-refractivity contribution in [3.63, 3.8) is 0 Å². The molecule has 0 spiro atoms. The van der Waals surface area contributed by atoms with Gasteiger partial charge in [-0.05, 0) is 71.8 Å². The van der Waals surface area contributed by atoms with Crippen LogP contribution in [0.25, 0.3) is 5.69 Å². The number of aryl methyl sites for hydroxylation is 1. The molecule has 4 aromatic rings. The van der Waals surface area contributed by atoms with Crippen LogP contribution in [0.15, 0.2) is 78.0 Å². The summed E-state index contributed by atoms with van der Waals surface area (Å²) < 4.78 is 7.88. The lowest BCUT2D eigenvalue weighted by Gasteiger charge is -2.14. The fourth-order valence-electron chi connectivity index (χ4n) is 3.34. The third-order valence-corrected chi connectivity index (χ3v) is 6.39. The van der Waals surface area contributed by atoms with Crippen molar-refractivity contribution in [2.24, 2.45) is 0 Å². The quantitative estimate of drug-likeness (QED) is 0.227. The van der Waals surface area contributed by atoms with Gasteiger partial charge in [0.2, 0.25) is 5.16 Å². The number of benzene rings is 3. The zero-order chi connectivity index (χ0) is 22.9. The minimum atomic E-state index is 0.536. The molecule has 0 saturated heterocycles. The molecule has 0 aliphatic heterocycles. The number of tetrazole rings is 1. The zero-order valence-electron chi connectivity index (χ0n) is 18.4. The van der Waals surface area contributed by atoms with E-state index in [9.17, 15) is 0 Å². The number of ether oxygens (including phenoxy) is 1. The SMILES string of the molecule is Cc1ccccc1COc1ccc(Cl)cc1CNCCCSc1nnnn1-c1ccccc1. The lowest BCUT2D eigenvalue weighted by Crippen LogP contribution is -2.16. The molecule has 0 bridgehead atoms. The number of para-hydroxylation sites is 1. The van der Waals surface area contributed by atoms with Gasteiger partial charge in [0, 0.05) is 22.9 Å². The summed E-state index contributed by atoms with van der Waals surface area (Å²) in [5.41, 5.74) is 4.42. The van der Waals surface area contributed by atoms with Crippen molar-refractivity contribution in [1.82, 2.24) is 25.5 Å². The Morgan fingerprint density at radius 2 is 1.82 bits per heavy atom. The summed E-state index contributed by atoms with van der Waals surface area (Å²) in [4.78, 5) is 0. The average molecular weight is 480 g/mol. The molecule has 170 valence electrons.